The SMILES string of the molecule is Cc1nn(C)c(NC(N)=O)c1Br. The fourth-order valence-electron chi connectivity index (χ4n) is 0.885. The fourth-order valence-corrected chi connectivity index (χ4v) is 1.32. The van der Waals surface area contributed by atoms with Crippen molar-refractivity contribution in [2.45, 2.75) is 6.92 Å². The van der Waals surface area contributed by atoms with Gasteiger partial charge in [0.05, 0.1) is 10.2 Å². The van der Waals surface area contributed by atoms with Gasteiger partial charge in [0.25, 0.3) is 0 Å². The second-order valence-corrected chi connectivity index (χ2v) is 3.15. The van der Waals surface area contributed by atoms with Crippen LogP contribution in [0.2, 0.25) is 0 Å². The second-order valence-electron chi connectivity index (χ2n) is 2.36. The van der Waals surface area contributed by atoms with E-state index in [-0.39, 0.29) is 0 Å². The van der Waals surface area contributed by atoms with Crippen molar-refractivity contribution >= 4 is 27.8 Å². The molecule has 66 valence electrons. The molecule has 3 N–H and O–H groups in total. The van der Waals surface area contributed by atoms with Crippen LogP contribution < -0.4 is 11.1 Å². The third-order valence-corrected chi connectivity index (χ3v) is 2.34. The molecule has 1 heterocycles. The highest BCUT2D eigenvalue weighted by atomic mass is 79.9. The minimum atomic E-state index is -0.598. The van der Waals surface area contributed by atoms with E-state index < -0.39 is 6.03 Å². The van der Waals surface area contributed by atoms with Crippen molar-refractivity contribution in [3.8, 4) is 0 Å². The van der Waals surface area contributed by atoms with Crippen molar-refractivity contribution in [1.82, 2.24) is 9.78 Å². The molecule has 0 bridgehead atoms. The van der Waals surface area contributed by atoms with Crippen molar-refractivity contribution in [2.75, 3.05) is 5.32 Å². The summed E-state index contributed by atoms with van der Waals surface area (Å²) in [6.07, 6.45) is 0. The lowest BCUT2D eigenvalue weighted by molar-refractivity contribution is 0.259. The van der Waals surface area contributed by atoms with Crippen LogP contribution in [-0.4, -0.2) is 15.8 Å². The van der Waals surface area contributed by atoms with E-state index in [1.165, 1.54) is 0 Å². The van der Waals surface area contributed by atoms with Crippen molar-refractivity contribution in [2.24, 2.45) is 12.8 Å². The molecule has 2 amide bonds. The summed E-state index contributed by atoms with van der Waals surface area (Å²) >= 11 is 3.28. The molecule has 1 aromatic heterocycles. The number of aromatic nitrogens is 2. The van der Waals surface area contributed by atoms with Crippen molar-refractivity contribution in [3.63, 3.8) is 0 Å². The highest BCUT2D eigenvalue weighted by Gasteiger charge is 2.10. The number of rotatable bonds is 1. The number of hydrogen-bond acceptors (Lipinski definition) is 2. The first kappa shape index (κ1) is 9.05. The third-order valence-electron chi connectivity index (χ3n) is 1.39. The van der Waals surface area contributed by atoms with Crippen LogP contribution in [0.15, 0.2) is 4.47 Å². The van der Waals surface area contributed by atoms with Crippen LogP contribution in [0, 0.1) is 6.92 Å². The maximum atomic E-state index is 10.5. The molecular weight excluding hydrogens is 224 g/mol. The zero-order valence-electron chi connectivity index (χ0n) is 6.76. The molecule has 6 heteroatoms. The number of hydrogen-bond donors (Lipinski definition) is 2. The number of halogens is 1. The van der Waals surface area contributed by atoms with Gasteiger partial charge in [-0.1, -0.05) is 0 Å². The van der Waals surface area contributed by atoms with Crippen molar-refractivity contribution in [3.05, 3.63) is 10.2 Å². The van der Waals surface area contributed by atoms with Crippen LogP contribution in [-0.2, 0) is 7.05 Å². The van der Waals surface area contributed by atoms with Gasteiger partial charge in [0.2, 0.25) is 0 Å². The topological polar surface area (TPSA) is 72.9 Å². The summed E-state index contributed by atoms with van der Waals surface area (Å²) in [6, 6.07) is -0.598. The van der Waals surface area contributed by atoms with Crippen LogP contribution in [0.25, 0.3) is 0 Å². The van der Waals surface area contributed by atoms with E-state index in [0.29, 0.717) is 5.82 Å². The molecule has 0 fully saturated rings. The molecule has 0 aliphatic heterocycles. The van der Waals surface area contributed by atoms with Crippen LogP contribution in [0.4, 0.5) is 10.6 Å². The van der Waals surface area contributed by atoms with E-state index in [2.05, 4.69) is 26.3 Å². The van der Waals surface area contributed by atoms with E-state index in [1.807, 2.05) is 6.92 Å². The molecule has 0 aromatic carbocycles. The second kappa shape index (κ2) is 3.14. The smallest absolute Gasteiger partial charge is 0.317 e. The maximum absolute atomic E-state index is 10.5. The minimum absolute atomic E-state index is 0.569. The van der Waals surface area contributed by atoms with E-state index in [0.717, 1.165) is 10.2 Å². The third kappa shape index (κ3) is 1.58. The lowest BCUT2D eigenvalue weighted by atomic mass is 10.5. The van der Waals surface area contributed by atoms with Gasteiger partial charge in [0, 0.05) is 7.05 Å². The summed E-state index contributed by atoms with van der Waals surface area (Å²) in [5, 5.41) is 6.52. The standard InChI is InChI=1S/C6H9BrN4O/c1-3-4(7)5(9-6(8)12)11(2)10-3/h1-2H3,(H3,8,9,12). The van der Waals surface area contributed by atoms with Gasteiger partial charge in [-0.25, -0.2) is 4.79 Å². The molecule has 5 nitrogen and oxygen atoms in total. The summed E-state index contributed by atoms with van der Waals surface area (Å²) in [5.74, 6) is 0.569. The summed E-state index contributed by atoms with van der Waals surface area (Å²) in [6.45, 7) is 1.83. The minimum Gasteiger partial charge on any atom is -0.351 e. The highest BCUT2D eigenvalue weighted by molar-refractivity contribution is 9.10. The van der Waals surface area contributed by atoms with Crippen LogP contribution in [0.1, 0.15) is 5.69 Å². The Morgan fingerprint density at radius 2 is 2.33 bits per heavy atom. The van der Waals surface area contributed by atoms with Gasteiger partial charge in [0.1, 0.15) is 5.82 Å². The first-order valence-corrected chi connectivity index (χ1v) is 4.07. The van der Waals surface area contributed by atoms with E-state index >= 15 is 0 Å². The predicted octanol–water partition coefficient (Wildman–Crippen LogP) is 0.982. The Kier molecular flexibility index (Phi) is 2.37. The number of carbonyl (C=O) groups is 1. The predicted molar refractivity (Wildman–Crippen MR) is 48.9 cm³/mol. The molecular formula is C6H9BrN4O. The number of carbonyl (C=O) groups excluding carboxylic acids is 1. The summed E-state index contributed by atoms with van der Waals surface area (Å²) in [7, 11) is 1.73. The average Bonchev–Trinajstić information content (AvgIpc) is 2.16. The largest absolute Gasteiger partial charge is 0.351 e. The molecule has 0 aliphatic carbocycles. The van der Waals surface area contributed by atoms with Crippen molar-refractivity contribution < 1.29 is 4.79 Å². The van der Waals surface area contributed by atoms with E-state index in [9.17, 15) is 4.79 Å². The van der Waals surface area contributed by atoms with Crippen LogP contribution >= 0.6 is 15.9 Å². The Hall–Kier alpha value is -1.04. The molecule has 1 aromatic rings. The van der Waals surface area contributed by atoms with Crippen molar-refractivity contribution in [1.29, 1.82) is 0 Å². The fraction of sp³-hybridized carbons (Fsp3) is 0.333. The number of urea groups is 1. The lowest BCUT2D eigenvalue weighted by Gasteiger charge is -2.01. The lowest BCUT2D eigenvalue weighted by Crippen LogP contribution is -2.21. The first-order chi connectivity index (χ1) is 5.52. The zero-order valence-corrected chi connectivity index (χ0v) is 8.34. The summed E-state index contributed by atoms with van der Waals surface area (Å²) in [5.41, 5.74) is 5.77. The van der Waals surface area contributed by atoms with Gasteiger partial charge in [0.15, 0.2) is 0 Å². The number of nitrogens with zero attached hydrogens (tertiary/aromatic N) is 2. The van der Waals surface area contributed by atoms with Gasteiger partial charge < -0.3 is 5.73 Å². The molecule has 0 aliphatic rings. The summed E-state index contributed by atoms with van der Waals surface area (Å²) < 4.78 is 2.30. The van der Waals surface area contributed by atoms with Gasteiger partial charge in [-0.3, -0.25) is 10.00 Å². The number of amides is 2. The molecule has 12 heavy (non-hydrogen) atoms. The Morgan fingerprint density at radius 1 is 1.75 bits per heavy atom. The first-order valence-electron chi connectivity index (χ1n) is 3.28. The molecule has 0 saturated carbocycles. The van der Waals surface area contributed by atoms with Gasteiger partial charge in [-0.2, -0.15) is 5.10 Å². The molecule has 0 spiro atoms. The Labute approximate surface area is 78.1 Å². The molecule has 0 radical (unpaired) electrons. The number of aryl methyl sites for hydroxylation is 2. The Morgan fingerprint density at radius 3 is 2.67 bits per heavy atom. The van der Waals surface area contributed by atoms with E-state index in [4.69, 9.17) is 5.73 Å². The highest BCUT2D eigenvalue weighted by Crippen LogP contribution is 2.24. The van der Waals surface area contributed by atoms with E-state index in [1.54, 1.807) is 11.7 Å². The van der Waals surface area contributed by atoms with Gasteiger partial charge in [-0.15, -0.1) is 0 Å². The zero-order chi connectivity index (χ0) is 9.30. The normalized spacial score (nSPS) is 9.92. The molecule has 0 atom stereocenters. The van der Waals surface area contributed by atoms with Gasteiger partial charge >= 0.3 is 6.03 Å². The number of nitrogens with one attached hydrogen (secondary N) is 1. The van der Waals surface area contributed by atoms with Crippen LogP contribution in [0.5, 0.6) is 0 Å². The summed E-state index contributed by atoms with van der Waals surface area (Å²) in [4.78, 5) is 10.5. The molecule has 1 rings (SSSR count). The van der Waals surface area contributed by atoms with Gasteiger partial charge in [-0.05, 0) is 22.9 Å². The Bertz CT molecular complexity index is 320. The number of anilines is 1. The molecule has 0 unspecified atom stereocenters. The number of nitrogens with two attached hydrogens (primary N) is 1. The monoisotopic (exact) mass is 232 g/mol. The number of primary amides is 1. The average molecular weight is 233 g/mol. The van der Waals surface area contributed by atoms with Crippen LogP contribution in [0.3, 0.4) is 0 Å². The Balaban J connectivity index is 3.05. The molecule has 0 saturated heterocycles. The quantitative estimate of drug-likeness (QED) is 0.758. The maximum Gasteiger partial charge on any atom is 0.317 e.